The normalized spacial score (nSPS) is 10.3. The highest BCUT2D eigenvalue weighted by molar-refractivity contribution is 6.31. The summed E-state index contributed by atoms with van der Waals surface area (Å²) < 4.78 is 0. The number of anilines is 1. The first-order chi connectivity index (χ1) is 13.7. The van der Waals surface area contributed by atoms with Crippen LogP contribution in [0.25, 0.3) is 21.9 Å². The fourth-order valence-corrected chi connectivity index (χ4v) is 3.32. The molecule has 0 aliphatic heterocycles. The number of nitrogens with one attached hydrogen (secondary N) is 1. The average molecular weight is 390 g/mol. The third-order valence-electron chi connectivity index (χ3n) is 4.47. The molecule has 0 amide bonds. The Kier molecular flexibility index (Phi) is 6.62. The molecule has 2 heterocycles. The Balaban J connectivity index is 0.00000109. The molecule has 1 N–H and O–H groups in total. The van der Waals surface area contributed by atoms with E-state index in [1.165, 1.54) is 0 Å². The summed E-state index contributed by atoms with van der Waals surface area (Å²) in [4.78, 5) is 9.00. The highest BCUT2D eigenvalue weighted by atomic mass is 35.5. The van der Waals surface area contributed by atoms with Gasteiger partial charge in [-0.15, -0.1) is 0 Å². The molecule has 4 rings (SSSR count). The predicted octanol–water partition coefficient (Wildman–Crippen LogP) is 6.90. The van der Waals surface area contributed by atoms with Gasteiger partial charge in [0.05, 0.1) is 12.2 Å². The number of fused-ring (bicyclic) bond motifs is 1. The first-order valence-corrected chi connectivity index (χ1v) is 9.90. The first-order valence-electron chi connectivity index (χ1n) is 9.52. The number of aromatic nitrogens is 2. The Hall–Kier alpha value is -2.91. The third-order valence-corrected chi connectivity index (χ3v) is 4.84. The van der Waals surface area contributed by atoms with Crippen LogP contribution in [-0.4, -0.2) is 9.97 Å². The van der Waals surface area contributed by atoms with E-state index in [1.807, 2.05) is 57.2 Å². The molecule has 0 atom stereocenters. The maximum atomic E-state index is 6.41. The van der Waals surface area contributed by atoms with Gasteiger partial charge in [-0.1, -0.05) is 80.0 Å². The Morgan fingerprint density at radius 1 is 0.893 bits per heavy atom. The number of rotatable bonds is 4. The van der Waals surface area contributed by atoms with Crippen molar-refractivity contribution in [3.63, 3.8) is 0 Å². The molecular weight excluding hydrogens is 366 g/mol. The van der Waals surface area contributed by atoms with E-state index in [0.29, 0.717) is 11.7 Å². The van der Waals surface area contributed by atoms with E-state index in [0.717, 1.165) is 39.0 Å². The summed E-state index contributed by atoms with van der Waals surface area (Å²) >= 11 is 6.41. The molecule has 0 fully saturated rings. The Morgan fingerprint density at radius 2 is 1.64 bits per heavy atom. The Labute approximate surface area is 171 Å². The van der Waals surface area contributed by atoms with Crippen LogP contribution in [0.2, 0.25) is 5.15 Å². The first kappa shape index (κ1) is 19.8. The summed E-state index contributed by atoms with van der Waals surface area (Å²) in [6.07, 6.45) is 1.79. The van der Waals surface area contributed by atoms with Crippen LogP contribution in [-0.2, 0) is 6.54 Å². The fraction of sp³-hybridized carbons (Fsp3) is 0.167. The molecule has 0 spiro atoms. The summed E-state index contributed by atoms with van der Waals surface area (Å²) in [5, 5.41) is 6.13. The largest absolute Gasteiger partial charge is 0.364 e. The summed E-state index contributed by atoms with van der Waals surface area (Å²) in [6.45, 7) is 6.60. The van der Waals surface area contributed by atoms with E-state index < -0.39 is 0 Å². The van der Waals surface area contributed by atoms with Crippen molar-refractivity contribution in [1.29, 1.82) is 0 Å². The van der Waals surface area contributed by atoms with Gasteiger partial charge in [0.25, 0.3) is 0 Å². The van der Waals surface area contributed by atoms with Crippen molar-refractivity contribution in [2.75, 3.05) is 5.32 Å². The molecule has 2 aromatic carbocycles. The second-order valence-corrected chi connectivity index (χ2v) is 6.50. The second-order valence-electron chi connectivity index (χ2n) is 6.15. The van der Waals surface area contributed by atoms with Gasteiger partial charge in [0, 0.05) is 11.6 Å². The van der Waals surface area contributed by atoms with Crippen molar-refractivity contribution in [2.24, 2.45) is 0 Å². The lowest BCUT2D eigenvalue weighted by atomic mass is 9.97. The number of benzene rings is 2. The molecule has 0 aliphatic rings. The van der Waals surface area contributed by atoms with Crippen LogP contribution in [0, 0.1) is 6.92 Å². The Bertz CT molecular complexity index is 1050. The second kappa shape index (κ2) is 9.34. The minimum absolute atomic E-state index is 0.520. The van der Waals surface area contributed by atoms with Crippen LogP contribution in [0.4, 0.5) is 5.82 Å². The molecule has 0 radical (unpaired) electrons. The van der Waals surface area contributed by atoms with E-state index >= 15 is 0 Å². The lowest BCUT2D eigenvalue weighted by Gasteiger charge is -2.15. The van der Waals surface area contributed by atoms with Crippen molar-refractivity contribution in [3.05, 3.63) is 89.3 Å². The number of nitrogens with zero attached hydrogens (tertiary/aromatic N) is 2. The van der Waals surface area contributed by atoms with Gasteiger partial charge >= 0.3 is 0 Å². The maximum absolute atomic E-state index is 6.41. The number of halogens is 1. The Morgan fingerprint density at radius 3 is 2.36 bits per heavy atom. The highest BCUT2D eigenvalue weighted by Crippen LogP contribution is 2.36. The van der Waals surface area contributed by atoms with E-state index in [-0.39, 0.29) is 0 Å². The SMILES string of the molecule is CC.Cc1c(Cl)nc(NCc2ccccn2)c2c(-c3ccccc3)cccc12. The van der Waals surface area contributed by atoms with Crippen LogP contribution < -0.4 is 5.32 Å². The van der Waals surface area contributed by atoms with Crippen molar-refractivity contribution < 1.29 is 0 Å². The zero-order chi connectivity index (χ0) is 19.9. The van der Waals surface area contributed by atoms with Gasteiger partial charge in [0.1, 0.15) is 11.0 Å². The van der Waals surface area contributed by atoms with Crippen LogP contribution in [0.5, 0.6) is 0 Å². The molecule has 142 valence electrons. The zero-order valence-electron chi connectivity index (χ0n) is 16.4. The van der Waals surface area contributed by atoms with Gasteiger partial charge in [0.15, 0.2) is 0 Å². The lowest BCUT2D eigenvalue weighted by molar-refractivity contribution is 1.03. The van der Waals surface area contributed by atoms with E-state index in [9.17, 15) is 0 Å². The molecule has 2 aromatic heterocycles. The molecule has 4 heteroatoms. The van der Waals surface area contributed by atoms with Crippen molar-refractivity contribution >= 4 is 28.2 Å². The van der Waals surface area contributed by atoms with Gasteiger partial charge in [-0.05, 0) is 41.1 Å². The zero-order valence-corrected chi connectivity index (χ0v) is 17.2. The van der Waals surface area contributed by atoms with Gasteiger partial charge in [-0.25, -0.2) is 4.98 Å². The van der Waals surface area contributed by atoms with Crippen LogP contribution in [0.15, 0.2) is 72.9 Å². The van der Waals surface area contributed by atoms with Gasteiger partial charge in [-0.3, -0.25) is 4.98 Å². The molecule has 3 nitrogen and oxygen atoms in total. The van der Waals surface area contributed by atoms with Crippen LogP contribution in [0.1, 0.15) is 25.1 Å². The number of aryl methyl sites for hydroxylation is 1. The topological polar surface area (TPSA) is 37.8 Å². The number of pyridine rings is 2. The molecule has 0 unspecified atom stereocenters. The summed E-state index contributed by atoms with van der Waals surface area (Å²) in [7, 11) is 0. The maximum Gasteiger partial charge on any atom is 0.136 e. The minimum Gasteiger partial charge on any atom is -0.364 e. The van der Waals surface area contributed by atoms with E-state index in [1.54, 1.807) is 6.20 Å². The molecule has 28 heavy (non-hydrogen) atoms. The molecule has 4 aromatic rings. The minimum atomic E-state index is 0.520. The summed E-state index contributed by atoms with van der Waals surface area (Å²) in [5.74, 6) is 0.778. The standard InChI is InChI=1S/C22H18ClN3.C2H6/c1-15-18-11-7-12-19(16-8-3-2-4-9-16)20(18)22(26-21(15)23)25-14-17-10-5-6-13-24-17;1-2/h2-13H,14H2,1H3,(H,25,26);1-2H3. The van der Waals surface area contributed by atoms with Crippen LogP contribution >= 0.6 is 11.6 Å². The smallest absolute Gasteiger partial charge is 0.136 e. The van der Waals surface area contributed by atoms with Crippen LogP contribution in [0.3, 0.4) is 0 Å². The molecular formula is C24H24ClN3. The van der Waals surface area contributed by atoms with E-state index in [4.69, 9.17) is 11.6 Å². The molecule has 0 bridgehead atoms. The van der Waals surface area contributed by atoms with Crippen molar-refractivity contribution in [2.45, 2.75) is 27.3 Å². The predicted molar refractivity (Wildman–Crippen MR) is 120 cm³/mol. The quantitative estimate of drug-likeness (QED) is 0.386. The summed E-state index contributed by atoms with van der Waals surface area (Å²) in [5.41, 5.74) is 4.24. The van der Waals surface area contributed by atoms with Gasteiger partial charge < -0.3 is 5.32 Å². The number of hydrogen-bond donors (Lipinski definition) is 1. The lowest BCUT2D eigenvalue weighted by Crippen LogP contribution is -2.05. The summed E-state index contributed by atoms with van der Waals surface area (Å²) in [6, 6.07) is 22.5. The number of hydrogen-bond acceptors (Lipinski definition) is 3. The third kappa shape index (κ3) is 4.15. The molecule has 0 aliphatic carbocycles. The van der Waals surface area contributed by atoms with E-state index in [2.05, 4.69) is 45.6 Å². The van der Waals surface area contributed by atoms with Crippen molar-refractivity contribution in [1.82, 2.24) is 9.97 Å². The molecule has 0 saturated carbocycles. The van der Waals surface area contributed by atoms with Crippen molar-refractivity contribution in [3.8, 4) is 11.1 Å². The average Bonchev–Trinajstić information content (AvgIpc) is 2.77. The monoisotopic (exact) mass is 389 g/mol. The van der Waals surface area contributed by atoms with Gasteiger partial charge in [-0.2, -0.15) is 0 Å². The fourth-order valence-electron chi connectivity index (χ4n) is 3.13. The van der Waals surface area contributed by atoms with Gasteiger partial charge in [0.2, 0.25) is 0 Å². The molecule has 0 saturated heterocycles. The highest BCUT2D eigenvalue weighted by Gasteiger charge is 2.14.